The lowest BCUT2D eigenvalue weighted by molar-refractivity contribution is -0.139. The molecular formula is C20H27ClN2O. The standard InChI is InChI=1S/C20H27ClN2O/c21-17-5-3-4-16(14-17)20(6-1-2-7-20)18(24)23-12-9-19(10-13-23)8-11-22-15-19/h3-5,14,22H,1-2,6-13,15H2. The van der Waals surface area contributed by atoms with E-state index in [2.05, 4.69) is 16.3 Å². The summed E-state index contributed by atoms with van der Waals surface area (Å²) in [6.07, 6.45) is 7.79. The Morgan fingerprint density at radius 3 is 2.46 bits per heavy atom. The van der Waals surface area contributed by atoms with Gasteiger partial charge in [-0.15, -0.1) is 0 Å². The van der Waals surface area contributed by atoms with Crippen LogP contribution in [0.3, 0.4) is 0 Å². The van der Waals surface area contributed by atoms with Crippen LogP contribution >= 0.6 is 11.6 Å². The number of piperidine rings is 1. The summed E-state index contributed by atoms with van der Waals surface area (Å²) >= 11 is 6.23. The first-order valence-corrected chi connectivity index (χ1v) is 9.78. The molecule has 0 atom stereocenters. The maximum atomic E-state index is 13.5. The number of halogens is 1. The number of nitrogens with one attached hydrogen (secondary N) is 1. The van der Waals surface area contributed by atoms with E-state index in [1.54, 1.807) is 0 Å². The van der Waals surface area contributed by atoms with Crippen LogP contribution in [-0.2, 0) is 10.2 Å². The molecule has 0 bridgehead atoms. The Labute approximate surface area is 149 Å². The van der Waals surface area contributed by atoms with E-state index in [-0.39, 0.29) is 5.41 Å². The lowest BCUT2D eigenvalue weighted by Gasteiger charge is -2.42. The Bertz CT molecular complexity index is 608. The smallest absolute Gasteiger partial charge is 0.233 e. The van der Waals surface area contributed by atoms with Crippen LogP contribution in [0.5, 0.6) is 0 Å². The van der Waals surface area contributed by atoms with Crippen molar-refractivity contribution < 1.29 is 4.79 Å². The number of rotatable bonds is 2. The first-order chi connectivity index (χ1) is 11.6. The van der Waals surface area contributed by atoms with Crippen LogP contribution in [0.15, 0.2) is 24.3 Å². The van der Waals surface area contributed by atoms with Crippen molar-refractivity contribution in [1.29, 1.82) is 0 Å². The Kier molecular flexibility index (Phi) is 4.34. The van der Waals surface area contributed by atoms with Crippen molar-refractivity contribution in [1.82, 2.24) is 10.2 Å². The number of carbonyl (C=O) groups is 1. The fraction of sp³-hybridized carbons (Fsp3) is 0.650. The third-order valence-corrected chi connectivity index (χ3v) is 6.92. The van der Waals surface area contributed by atoms with Gasteiger partial charge in [-0.2, -0.15) is 0 Å². The molecule has 1 saturated carbocycles. The normalized spacial score (nSPS) is 25.3. The molecule has 2 aliphatic heterocycles. The molecule has 4 rings (SSSR count). The van der Waals surface area contributed by atoms with Gasteiger partial charge in [-0.05, 0) is 61.8 Å². The number of benzene rings is 1. The molecule has 1 aliphatic carbocycles. The van der Waals surface area contributed by atoms with Gasteiger partial charge in [0.25, 0.3) is 0 Å². The molecule has 1 aromatic rings. The van der Waals surface area contributed by atoms with Crippen molar-refractivity contribution >= 4 is 17.5 Å². The summed E-state index contributed by atoms with van der Waals surface area (Å²) < 4.78 is 0. The van der Waals surface area contributed by atoms with E-state index in [4.69, 9.17) is 11.6 Å². The van der Waals surface area contributed by atoms with Crippen molar-refractivity contribution in [3.8, 4) is 0 Å². The summed E-state index contributed by atoms with van der Waals surface area (Å²) in [4.78, 5) is 15.7. The zero-order chi connectivity index (χ0) is 16.6. The third-order valence-electron chi connectivity index (χ3n) is 6.69. The minimum Gasteiger partial charge on any atom is -0.342 e. The van der Waals surface area contributed by atoms with Gasteiger partial charge in [0.15, 0.2) is 0 Å². The monoisotopic (exact) mass is 346 g/mol. The number of nitrogens with zero attached hydrogens (tertiary/aromatic N) is 1. The van der Waals surface area contributed by atoms with Gasteiger partial charge in [0.05, 0.1) is 5.41 Å². The fourth-order valence-corrected chi connectivity index (χ4v) is 5.29. The number of hydrogen-bond donors (Lipinski definition) is 1. The Balaban J connectivity index is 1.55. The van der Waals surface area contributed by atoms with Crippen molar-refractivity contribution in [3.05, 3.63) is 34.9 Å². The molecule has 3 aliphatic rings. The first-order valence-electron chi connectivity index (χ1n) is 9.40. The summed E-state index contributed by atoms with van der Waals surface area (Å²) in [7, 11) is 0. The van der Waals surface area contributed by atoms with E-state index in [0.717, 1.165) is 75.3 Å². The van der Waals surface area contributed by atoms with Crippen LogP contribution in [0.1, 0.15) is 50.5 Å². The predicted molar refractivity (Wildman–Crippen MR) is 97.3 cm³/mol. The van der Waals surface area contributed by atoms with E-state index in [9.17, 15) is 4.79 Å². The quantitative estimate of drug-likeness (QED) is 0.884. The minimum absolute atomic E-state index is 0.330. The summed E-state index contributed by atoms with van der Waals surface area (Å²) in [5.74, 6) is 0.350. The van der Waals surface area contributed by atoms with Gasteiger partial charge < -0.3 is 10.2 Å². The molecule has 0 aromatic heterocycles. The van der Waals surface area contributed by atoms with Gasteiger partial charge in [-0.1, -0.05) is 36.6 Å². The second-order valence-corrected chi connectivity index (χ2v) is 8.45. The molecule has 3 fully saturated rings. The molecule has 1 amide bonds. The van der Waals surface area contributed by atoms with Crippen molar-refractivity contribution in [2.75, 3.05) is 26.2 Å². The average Bonchev–Trinajstić information content (AvgIpc) is 3.26. The van der Waals surface area contributed by atoms with Gasteiger partial charge >= 0.3 is 0 Å². The largest absolute Gasteiger partial charge is 0.342 e. The Morgan fingerprint density at radius 1 is 1.08 bits per heavy atom. The van der Waals surface area contributed by atoms with Crippen molar-refractivity contribution in [3.63, 3.8) is 0 Å². The summed E-state index contributed by atoms with van der Waals surface area (Å²) in [5, 5.41) is 4.24. The van der Waals surface area contributed by atoms with E-state index in [1.165, 1.54) is 6.42 Å². The van der Waals surface area contributed by atoms with Crippen LogP contribution in [0.4, 0.5) is 0 Å². The van der Waals surface area contributed by atoms with Gasteiger partial charge in [0.1, 0.15) is 0 Å². The van der Waals surface area contributed by atoms with Crippen molar-refractivity contribution in [2.45, 2.75) is 50.4 Å². The van der Waals surface area contributed by atoms with E-state index in [0.29, 0.717) is 11.3 Å². The van der Waals surface area contributed by atoms with Crippen LogP contribution < -0.4 is 5.32 Å². The van der Waals surface area contributed by atoms with E-state index < -0.39 is 0 Å². The third kappa shape index (κ3) is 2.76. The van der Waals surface area contributed by atoms with Gasteiger partial charge in [0.2, 0.25) is 5.91 Å². The van der Waals surface area contributed by atoms with Crippen LogP contribution in [0, 0.1) is 5.41 Å². The second kappa shape index (κ2) is 6.34. The van der Waals surface area contributed by atoms with Crippen LogP contribution in [-0.4, -0.2) is 37.0 Å². The first kappa shape index (κ1) is 16.4. The molecule has 1 N–H and O–H groups in total. The highest BCUT2D eigenvalue weighted by Gasteiger charge is 2.47. The highest BCUT2D eigenvalue weighted by Crippen LogP contribution is 2.45. The Morgan fingerprint density at radius 2 is 1.83 bits per heavy atom. The molecule has 0 unspecified atom stereocenters. The molecule has 0 radical (unpaired) electrons. The second-order valence-electron chi connectivity index (χ2n) is 8.02. The molecule has 2 saturated heterocycles. The van der Waals surface area contributed by atoms with Crippen molar-refractivity contribution in [2.24, 2.45) is 5.41 Å². The van der Waals surface area contributed by atoms with Gasteiger partial charge in [-0.3, -0.25) is 4.79 Å². The predicted octanol–water partition coefficient (Wildman–Crippen LogP) is 3.75. The van der Waals surface area contributed by atoms with Gasteiger partial charge in [0, 0.05) is 24.7 Å². The average molecular weight is 347 g/mol. The molecule has 4 heteroatoms. The lowest BCUT2D eigenvalue weighted by Crippen LogP contribution is -2.51. The number of likely N-dealkylation sites (tertiary alicyclic amines) is 1. The SMILES string of the molecule is O=C(N1CCC2(CCNC2)CC1)C1(c2cccc(Cl)c2)CCCC1. The molecular weight excluding hydrogens is 320 g/mol. The van der Waals surface area contributed by atoms with E-state index in [1.807, 2.05) is 18.2 Å². The molecule has 130 valence electrons. The molecule has 3 nitrogen and oxygen atoms in total. The maximum absolute atomic E-state index is 13.5. The molecule has 1 aromatic carbocycles. The maximum Gasteiger partial charge on any atom is 0.233 e. The Hall–Kier alpha value is -1.06. The van der Waals surface area contributed by atoms with Crippen LogP contribution in [0.2, 0.25) is 5.02 Å². The van der Waals surface area contributed by atoms with E-state index >= 15 is 0 Å². The minimum atomic E-state index is -0.330. The fourth-order valence-electron chi connectivity index (χ4n) is 5.10. The van der Waals surface area contributed by atoms with Crippen LogP contribution in [0.25, 0.3) is 0 Å². The zero-order valence-electron chi connectivity index (χ0n) is 14.3. The lowest BCUT2D eigenvalue weighted by atomic mass is 9.74. The number of hydrogen-bond acceptors (Lipinski definition) is 2. The molecule has 1 spiro atoms. The summed E-state index contributed by atoms with van der Waals surface area (Å²) in [6.45, 7) is 4.11. The summed E-state index contributed by atoms with van der Waals surface area (Å²) in [6, 6.07) is 7.99. The van der Waals surface area contributed by atoms with Gasteiger partial charge in [-0.25, -0.2) is 0 Å². The number of carbonyl (C=O) groups excluding carboxylic acids is 1. The summed E-state index contributed by atoms with van der Waals surface area (Å²) in [5.41, 5.74) is 1.25. The molecule has 2 heterocycles. The zero-order valence-corrected chi connectivity index (χ0v) is 15.1. The highest BCUT2D eigenvalue weighted by molar-refractivity contribution is 6.30. The molecule has 24 heavy (non-hydrogen) atoms. The highest BCUT2D eigenvalue weighted by atomic mass is 35.5. The number of amides is 1. The topological polar surface area (TPSA) is 32.3 Å².